The van der Waals surface area contributed by atoms with E-state index >= 15 is 0 Å². The number of aryl methyl sites for hydroxylation is 1. The largest absolute Gasteiger partial charge is 0.305 e. The highest BCUT2D eigenvalue weighted by Crippen LogP contribution is 2.25. The fourth-order valence-corrected chi connectivity index (χ4v) is 2.37. The Morgan fingerprint density at radius 3 is 2.93 bits per heavy atom. The van der Waals surface area contributed by atoms with E-state index in [9.17, 15) is 0 Å². The van der Waals surface area contributed by atoms with Gasteiger partial charge in [-0.2, -0.15) is 0 Å². The van der Waals surface area contributed by atoms with Gasteiger partial charge in [0.2, 0.25) is 0 Å². The Kier molecular flexibility index (Phi) is 2.60. The van der Waals surface area contributed by atoms with E-state index < -0.39 is 0 Å². The first-order chi connectivity index (χ1) is 6.66. The molecule has 1 aliphatic rings. The Hall–Kier alpha value is -0.820. The average molecular weight is 189 g/mol. The molecule has 0 aliphatic carbocycles. The summed E-state index contributed by atoms with van der Waals surface area (Å²) in [7, 11) is 2.22. The maximum atomic E-state index is 2.43. The molecule has 1 aromatic carbocycles. The number of hydrogen-bond acceptors (Lipinski definition) is 1. The third-order valence-corrected chi connectivity index (χ3v) is 3.18. The Morgan fingerprint density at radius 1 is 1.36 bits per heavy atom. The van der Waals surface area contributed by atoms with Crippen molar-refractivity contribution in [2.45, 2.75) is 26.2 Å². The van der Waals surface area contributed by atoms with Gasteiger partial charge in [0.25, 0.3) is 0 Å². The van der Waals surface area contributed by atoms with E-state index in [0.29, 0.717) is 5.92 Å². The van der Waals surface area contributed by atoms with Gasteiger partial charge in [-0.05, 0) is 37.4 Å². The molecule has 1 atom stereocenters. The molecule has 1 heterocycles. The smallest absolute Gasteiger partial charge is 0.00448 e. The quantitative estimate of drug-likeness (QED) is 0.606. The van der Waals surface area contributed by atoms with E-state index in [4.69, 9.17) is 0 Å². The molecule has 1 aliphatic heterocycles. The highest BCUT2D eigenvalue weighted by Gasteiger charge is 2.17. The highest BCUT2D eigenvalue weighted by atomic mass is 15.1. The third-order valence-electron chi connectivity index (χ3n) is 3.18. The van der Waals surface area contributed by atoms with Crippen molar-refractivity contribution in [1.29, 1.82) is 0 Å². The molecule has 1 heteroatoms. The van der Waals surface area contributed by atoms with E-state index in [1.165, 1.54) is 25.1 Å². The van der Waals surface area contributed by atoms with Crippen molar-refractivity contribution in [2.24, 2.45) is 0 Å². The summed E-state index contributed by atoms with van der Waals surface area (Å²) < 4.78 is 0. The van der Waals surface area contributed by atoms with E-state index in [2.05, 4.69) is 44.0 Å². The van der Waals surface area contributed by atoms with Crippen LogP contribution in [0.2, 0.25) is 0 Å². The summed E-state index contributed by atoms with van der Waals surface area (Å²) in [4.78, 5) is 2.43. The van der Waals surface area contributed by atoms with Crippen LogP contribution in [0.15, 0.2) is 18.2 Å². The number of benzene rings is 1. The second-order valence-corrected chi connectivity index (χ2v) is 4.62. The minimum atomic E-state index is 0.678. The molecule has 14 heavy (non-hydrogen) atoms. The maximum Gasteiger partial charge on any atom is 0.00448 e. The van der Waals surface area contributed by atoms with Crippen LogP contribution in [0.4, 0.5) is 0 Å². The van der Waals surface area contributed by atoms with Crippen LogP contribution >= 0.6 is 0 Å². The first-order valence-corrected chi connectivity index (χ1v) is 5.45. The monoisotopic (exact) mass is 189 g/mol. The van der Waals surface area contributed by atoms with Gasteiger partial charge in [-0.25, -0.2) is 0 Å². The molecule has 0 fully saturated rings. The minimum Gasteiger partial charge on any atom is -0.305 e. The van der Waals surface area contributed by atoms with Crippen LogP contribution in [0.3, 0.4) is 0 Å². The van der Waals surface area contributed by atoms with Gasteiger partial charge in [-0.15, -0.1) is 0 Å². The van der Waals surface area contributed by atoms with Crippen molar-refractivity contribution in [3.05, 3.63) is 34.9 Å². The van der Waals surface area contributed by atoms with E-state index in [-0.39, 0.29) is 0 Å². The predicted octanol–water partition coefficient (Wildman–Crippen LogP) is 2.59. The molecule has 0 radical (unpaired) electrons. The lowest BCUT2D eigenvalue weighted by Gasteiger charge is -2.17. The number of rotatable bonds is 0. The van der Waals surface area contributed by atoms with Gasteiger partial charge in [0.15, 0.2) is 0 Å². The van der Waals surface area contributed by atoms with Gasteiger partial charge in [-0.1, -0.05) is 30.7 Å². The lowest BCUT2D eigenvalue weighted by molar-refractivity contribution is 0.332. The summed E-state index contributed by atoms with van der Waals surface area (Å²) in [5.41, 5.74) is 4.50. The molecule has 76 valence electrons. The molecule has 1 nitrogen and oxygen atoms in total. The second kappa shape index (κ2) is 3.74. The Labute approximate surface area is 86.7 Å². The average Bonchev–Trinajstić information content (AvgIpc) is 2.27. The van der Waals surface area contributed by atoms with Crippen LogP contribution in [-0.2, 0) is 6.42 Å². The first kappa shape index (κ1) is 9.72. The second-order valence-electron chi connectivity index (χ2n) is 4.62. The summed E-state index contributed by atoms with van der Waals surface area (Å²) in [6.45, 7) is 6.90. The first-order valence-electron chi connectivity index (χ1n) is 5.45. The van der Waals surface area contributed by atoms with Gasteiger partial charge in [0.05, 0.1) is 0 Å². The molecule has 1 unspecified atom stereocenters. The molecular weight excluding hydrogens is 170 g/mol. The molecule has 0 N–H and O–H groups in total. The lowest BCUT2D eigenvalue weighted by Crippen LogP contribution is -2.22. The Morgan fingerprint density at radius 2 is 2.14 bits per heavy atom. The van der Waals surface area contributed by atoms with Crippen LogP contribution in [-0.4, -0.2) is 25.0 Å². The summed E-state index contributed by atoms with van der Waals surface area (Å²) >= 11 is 0. The fourth-order valence-electron chi connectivity index (χ4n) is 2.37. The number of hydrogen-bond donors (Lipinski definition) is 0. The van der Waals surface area contributed by atoms with Gasteiger partial charge in [0.1, 0.15) is 0 Å². The van der Waals surface area contributed by atoms with Crippen molar-refractivity contribution < 1.29 is 0 Å². The highest BCUT2D eigenvalue weighted by molar-refractivity contribution is 5.35. The van der Waals surface area contributed by atoms with Crippen LogP contribution < -0.4 is 0 Å². The third kappa shape index (κ3) is 1.83. The van der Waals surface area contributed by atoms with E-state index in [1.54, 1.807) is 11.1 Å². The van der Waals surface area contributed by atoms with Gasteiger partial charge >= 0.3 is 0 Å². The summed E-state index contributed by atoms with van der Waals surface area (Å²) in [5.74, 6) is 0.678. The molecule has 0 amide bonds. The summed E-state index contributed by atoms with van der Waals surface area (Å²) in [6.07, 6.45) is 1.20. The molecule has 0 saturated heterocycles. The summed E-state index contributed by atoms with van der Waals surface area (Å²) in [5, 5.41) is 0. The molecule has 0 saturated carbocycles. The molecule has 0 spiro atoms. The van der Waals surface area contributed by atoms with Crippen LogP contribution in [0.25, 0.3) is 0 Å². The van der Waals surface area contributed by atoms with Crippen LogP contribution in [0.1, 0.15) is 29.5 Å². The number of nitrogens with zero attached hydrogens (tertiary/aromatic N) is 1. The number of fused-ring (bicyclic) bond motifs is 1. The molecule has 2 rings (SSSR count). The maximum absolute atomic E-state index is 2.43. The molecule has 0 aromatic heterocycles. The summed E-state index contributed by atoms with van der Waals surface area (Å²) in [6, 6.07) is 6.90. The number of likely N-dealkylation sites (N-methyl/N-ethyl adjacent to an activating group) is 1. The van der Waals surface area contributed by atoms with Crippen molar-refractivity contribution in [3.63, 3.8) is 0 Å². The van der Waals surface area contributed by atoms with E-state index in [0.717, 1.165) is 0 Å². The molecule has 0 bridgehead atoms. The fraction of sp³-hybridized carbons (Fsp3) is 0.538. The zero-order valence-corrected chi connectivity index (χ0v) is 9.38. The lowest BCUT2D eigenvalue weighted by atomic mass is 9.94. The van der Waals surface area contributed by atoms with Crippen molar-refractivity contribution in [1.82, 2.24) is 4.90 Å². The Balaban J connectivity index is 2.39. The normalized spacial score (nSPS) is 22.9. The zero-order valence-electron chi connectivity index (χ0n) is 9.38. The standard InChI is InChI=1S/C13H19N/c1-10-4-5-12-6-7-14(3)9-11(2)13(12)8-10/h4-5,8,11H,6-7,9H2,1-3H3. The SMILES string of the molecule is Cc1ccc2c(c1)C(C)CN(C)CC2. The zero-order chi connectivity index (χ0) is 10.1. The van der Waals surface area contributed by atoms with E-state index in [1.807, 2.05) is 0 Å². The van der Waals surface area contributed by atoms with Crippen molar-refractivity contribution in [2.75, 3.05) is 20.1 Å². The minimum absolute atomic E-state index is 0.678. The van der Waals surface area contributed by atoms with Gasteiger partial charge < -0.3 is 4.90 Å². The molecular formula is C13H19N. The molecule has 1 aromatic rings. The van der Waals surface area contributed by atoms with Crippen LogP contribution in [0.5, 0.6) is 0 Å². The predicted molar refractivity (Wildman–Crippen MR) is 60.8 cm³/mol. The topological polar surface area (TPSA) is 3.24 Å². The van der Waals surface area contributed by atoms with Crippen LogP contribution in [0, 0.1) is 6.92 Å². The van der Waals surface area contributed by atoms with Gasteiger partial charge in [-0.3, -0.25) is 0 Å². The van der Waals surface area contributed by atoms with Gasteiger partial charge in [0, 0.05) is 13.1 Å². The van der Waals surface area contributed by atoms with Crippen molar-refractivity contribution >= 4 is 0 Å². The Bertz CT molecular complexity index is 330. The van der Waals surface area contributed by atoms with Crippen molar-refractivity contribution in [3.8, 4) is 0 Å².